The Balaban J connectivity index is 2.05. The molecule has 0 atom stereocenters. The molecular weight excluding hydrogens is 478 g/mol. The highest BCUT2D eigenvalue weighted by Gasteiger charge is 2.44. The predicted octanol–water partition coefficient (Wildman–Crippen LogP) is 4.15. The van der Waals surface area contributed by atoms with Crippen molar-refractivity contribution in [2.75, 3.05) is 0 Å². The molecule has 0 saturated carbocycles. The van der Waals surface area contributed by atoms with Gasteiger partial charge >= 0.3 is 23.9 Å². The zero-order chi connectivity index (χ0) is 27.0. The second-order valence-electron chi connectivity index (χ2n) is 8.44. The first-order valence-corrected chi connectivity index (χ1v) is 10.4. The van der Waals surface area contributed by atoms with E-state index in [4.69, 9.17) is 0 Å². The summed E-state index contributed by atoms with van der Waals surface area (Å²) in [7, 11) is 0. The summed E-state index contributed by atoms with van der Waals surface area (Å²) >= 11 is 0. The van der Waals surface area contributed by atoms with Gasteiger partial charge in [-0.25, -0.2) is 8.78 Å². The van der Waals surface area contributed by atoms with Gasteiger partial charge in [0.05, 0.1) is 0 Å². The number of carboxylic acid groups (broad SMARTS) is 4. The minimum Gasteiger partial charge on any atom is -0.480 e. The Kier molecular flexibility index (Phi) is 6.66. The van der Waals surface area contributed by atoms with Gasteiger partial charge < -0.3 is 20.4 Å². The van der Waals surface area contributed by atoms with E-state index in [1.54, 1.807) is 0 Å². The van der Waals surface area contributed by atoms with E-state index in [1.165, 1.54) is 48.5 Å². The summed E-state index contributed by atoms with van der Waals surface area (Å²) in [4.78, 5) is 46.1. The number of hydrogen-bond acceptors (Lipinski definition) is 4. The van der Waals surface area contributed by atoms with Crippen LogP contribution in [0, 0.1) is 11.6 Å². The Hall–Kier alpha value is -4.60. The molecule has 3 rings (SSSR count). The number of carbonyl (C=O) groups is 4. The van der Waals surface area contributed by atoms with Crippen molar-refractivity contribution in [3.05, 3.63) is 83.4 Å². The lowest BCUT2D eigenvalue weighted by Crippen LogP contribution is -2.40. The second-order valence-corrected chi connectivity index (χ2v) is 8.44. The van der Waals surface area contributed by atoms with Gasteiger partial charge in [0.15, 0.2) is 10.8 Å². The third kappa shape index (κ3) is 4.17. The van der Waals surface area contributed by atoms with Crippen molar-refractivity contribution >= 4 is 23.9 Å². The lowest BCUT2D eigenvalue weighted by Gasteiger charge is -2.21. The molecule has 0 amide bonds. The lowest BCUT2D eigenvalue weighted by atomic mass is 9.81. The molecule has 0 radical (unpaired) electrons. The Bertz CT molecular complexity index is 1280. The highest BCUT2D eigenvalue weighted by Crippen LogP contribution is 2.34. The average Bonchev–Trinajstić information content (AvgIpc) is 2.82. The molecule has 0 fully saturated rings. The van der Waals surface area contributed by atoms with E-state index in [0.717, 1.165) is 26.0 Å². The van der Waals surface area contributed by atoms with Crippen molar-refractivity contribution in [2.45, 2.75) is 24.7 Å². The zero-order valence-electron chi connectivity index (χ0n) is 19.0. The normalized spacial score (nSPS) is 11.7. The summed E-state index contributed by atoms with van der Waals surface area (Å²) in [5.74, 6) is -8.44. The van der Waals surface area contributed by atoms with Crippen LogP contribution in [-0.2, 0) is 30.0 Å². The number of hydrogen-bond donors (Lipinski definition) is 4. The van der Waals surface area contributed by atoms with E-state index in [2.05, 4.69) is 0 Å². The van der Waals surface area contributed by atoms with Gasteiger partial charge in [0.2, 0.25) is 0 Å². The van der Waals surface area contributed by atoms with E-state index in [1.807, 2.05) is 0 Å². The maximum Gasteiger partial charge on any atom is 0.325 e. The van der Waals surface area contributed by atoms with Crippen LogP contribution in [0.4, 0.5) is 8.78 Å². The Morgan fingerprint density at radius 3 is 1.19 bits per heavy atom. The molecule has 0 saturated heterocycles. The third-order valence-corrected chi connectivity index (χ3v) is 6.29. The molecule has 0 unspecified atom stereocenters. The summed E-state index contributed by atoms with van der Waals surface area (Å²) in [5, 5.41) is 37.4. The van der Waals surface area contributed by atoms with Crippen LogP contribution in [0.5, 0.6) is 0 Å². The monoisotopic (exact) mass is 498 g/mol. The highest BCUT2D eigenvalue weighted by atomic mass is 19.1. The fourth-order valence-electron chi connectivity index (χ4n) is 3.65. The molecule has 3 aromatic rings. The van der Waals surface area contributed by atoms with Gasteiger partial charge in [0.25, 0.3) is 0 Å². The molecule has 4 N–H and O–H groups in total. The Morgan fingerprint density at radius 2 is 0.917 bits per heavy atom. The Morgan fingerprint density at radius 1 is 0.583 bits per heavy atom. The van der Waals surface area contributed by atoms with Crippen LogP contribution in [0.1, 0.15) is 25.0 Å². The van der Waals surface area contributed by atoms with E-state index in [0.29, 0.717) is 0 Å². The topological polar surface area (TPSA) is 149 Å². The quantitative estimate of drug-likeness (QED) is 0.339. The van der Waals surface area contributed by atoms with Gasteiger partial charge in [-0.15, -0.1) is 0 Å². The second kappa shape index (κ2) is 9.21. The van der Waals surface area contributed by atoms with E-state index >= 15 is 0 Å². The molecule has 10 heteroatoms. The van der Waals surface area contributed by atoms with Gasteiger partial charge in [-0.2, -0.15) is 0 Å². The molecule has 0 aliphatic heterocycles. The zero-order valence-corrected chi connectivity index (χ0v) is 19.0. The molecule has 186 valence electrons. The van der Waals surface area contributed by atoms with Crippen LogP contribution in [0.25, 0.3) is 22.3 Å². The average molecular weight is 498 g/mol. The Labute approximate surface area is 203 Å². The summed E-state index contributed by atoms with van der Waals surface area (Å²) in [6, 6.07) is 12.4. The van der Waals surface area contributed by atoms with Crippen LogP contribution in [0.3, 0.4) is 0 Å². The van der Waals surface area contributed by atoms with Crippen molar-refractivity contribution in [2.24, 2.45) is 0 Å². The maximum absolute atomic E-state index is 15.0. The number of halogens is 2. The summed E-state index contributed by atoms with van der Waals surface area (Å²) in [5.41, 5.74) is -4.75. The maximum atomic E-state index is 15.0. The molecule has 0 aliphatic carbocycles. The molecule has 0 aliphatic rings. The first-order valence-electron chi connectivity index (χ1n) is 10.4. The molecule has 0 spiro atoms. The van der Waals surface area contributed by atoms with Gasteiger partial charge in [0.1, 0.15) is 11.6 Å². The molecule has 3 aromatic carbocycles. The van der Waals surface area contributed by atoms with Gasteiger partial charge in [-0.1, -0.05) is 42.5 Å². The van der Waals surface area contributed by atoms with E-state index < -0.39 is 46.3 Å². The minimum absolute atomic E-state index is 0.0000791. The number of aliphatic carboxylic acids is 4. The number of benzene rings is 3. The first-order chi connectivity index (χ1) is 16.7. The smallest absolute Gasteiger partial charge is 0.325 e. The lowest BCUT2D eigenvalue weighted by molar-refractivity contribution is -0.158. The molecule has 0 aromatic heterocycles. The largest absolute Gasteiger partial charge is 0.480 e. The van der Waals surface area contributed by atoms with E-state index in [9.17, 15) is 48.4 Å². The standard InChI is InChI=1S/C26H20F2O8/c1-25(21(29)30,22(31)32)15-6-8-17(19(27)11-15)13-4-3-5-14(10-13)18-9-7-16(12-20(18)28)26(2,23(33)34)24(35)36/h3-12H,1-2H3,(H,29,30)(H,31,32)(H,33,34)(H,35,36). The first kappa shape index (κ1) is 26.0. The predicted molar refractivity (Wildman–Crippen MR) is 122 cm³/mol. The van der Waals surface area contributed by atoms with Crippen molar-refractivity contribution in [1.29, 1.82) is 0 Å². The van der Waals surface area contributed by atoms with Gasteiger partial charge in [-0.3, -0.25) is 19.2 Å². The SMILES string of the molecule is CC(C(=O)O)(C(=O)O)c1ccc(-c2cccc(-c3ccc(C(C)(C(=O)O)C(=O)O)cc3F)c2)c(F)c1. The van der Waals surface area contributed by atoms with Crippen molar-refractivity contribution in [1.82, 2.24) is 0 Å². The molecular formula is C26H20F2O8. The fourth-order valence-corrected chi connectivity index (χ4v) is 3.65. The number of carboxylic acids is 4. The molecule has 36 heavy (non-hydrogen) atoms. The molecule has 0 heterocycles. The van der Waals surface area contributed by atoms with Crippen LogP contribution in [0.15, 0.2) is 60.7 Å². The van der Waals surface area contributed by atoms with Crippen molar-refractivity contribution < 1.29 is 48.4 Å². The van der Waals surface area contributed by atoms with Gasteiger partial charge in [-0.05, 0) is 54.3 Å². The summed E-state index contributed by atoms with van der Waals surface area (Å²) < 4.78 is 29.9. The van der Waals surface area contributed by atoms with Crippen LogP contribution >= 0.6 is 0 Å². The highest BCUT2D eigenvalue weighted by molar-refractivity contribution is 6.05. The van der Waals surface area contributed by atoms with E-state index in [-0.39, 0.29) is 33.4 Å². The number of rotatable bonds is 8. The summed E-state index contributed by atoms with van der Waals surface area (Å²) in [6.07, 6.45) is 0. The van der Waals surface area contributed by atoms with Gasteiger partial charge in [0, 0.05) is 11.1 Å². The molecule has 0 bridgehead atoms. The van der Waals surface area contributed by atoms with Crippen LogP contribution < -0.4 is 0 Å². The van der Waals surface area contributed by atoms with Crippen LogP contribution in [0.2, 0.25) is 0 Å². The van der Waals surface area contributed by atoms with Crippen LogP contribution in [-0.4, -0.2) is 44.3 Å². The fraction of sp³-hybridized carbons (Fsp3) is 0.154. The van der Waals surface area contributed by atoms with Crippen molar-refractivity contribution in [3.63, 3.8) is 0 Å². The third-order valence-electron chi connectivity index (χ3n) is 6.29. The van der Waals surface area contributed by atoms with Crippen molar-refractivity contribution in [3.8, 4) is 22.3 Å². The minimum atomic E-state index is -2.37. The summed E-state index contributed by atoms with van der Waals surface area (Å²) in [6.45, 7) is 1.89. The molecule has 8 nitrogen and oxygen atoms in total.